The maximum Gasteiger partial charge on any atom is 0.159 e. The van der Waals surface area contributed by atoms with E-state index in [1.54, 1.807) is 6.07 Å². The molecule has 0 bridgehead atoms. The Kier molecular flexibility index (Phi) is 2.74. The summed E-state index contributed by atoms with van der Waals surface area (Å²) in [6, 6.07) is 5.33. The lowest BCUT2D eigenvalue weighted by molar-refractivity contribution is 0.758. The molecule has 0 radical (unpaired) electrons. The van der Waals surface area contributed by atoms with Crippen LogP contribution in [-0.4, -0.2) is 9.97 Å². The van der Waals surface area contributed by atoms with E-state index < -0.39 is 0 Å². The summed E-state index contributed by atoms with van der Waals surface area (Å²) in [5, 5.41) is 4.42. The smallest absolute Gasteiger partial charge is 0.159 e. The van der Waals surface area contributed by atoms with Crippen molar-refractivity contribution in [2.75, 3.05) is 0 Å². The minimum atomic E-state index is 0.592. The summed E-state index contributed by atoms with van der Waals surface area (Å²) >= 11 is 11.9. The number of hydrogen-bond donors (Lipinski definition) is 1. The Labute approximate surface area is 109 Å². The molecule has 0 spiro atoms. The zero-order valence-electron chi connectivity index (χ0n) is 8.87. The molecule has 0 atom stereocenters. The number of hydrogen-bond acceptors (Lipinski definition) is 3. The predicted molar refractivity (Wildman–Crippen MR) is 68.0 cm³/mol. The Morgan fingerprint density at radius 3 is 2.59 bits per heavy atom. The largest absolute Gasteiger partial charge is 0.307 e. The van der Waals surface area contributed by atoms with Gasteiger partial charge in [-0.2, -0.15) is 0 Å². The van der Waals surface area contributed by atoms with E-state index >= 15 is 0 Å². The Morgan fingerprint density at radius 1 is 1.06 bits per heavy atom. The van der Waals surface area contributed by atoms with E-state index in [0.29, 0.717) is 15.9 Å². The molecular weight excluding hydrogens is 257 g/mol. The van der Waals surface area contributed by atoms with Crippen molar-refractivity contribution >= 4 is 23.2 Å². The third kappa shape index (κ3) is 2.14. The number of benzene rings is 1. The summed E-state index contributed by atoms with van der Waals surface area (Å²) in [5.41, 5.74) is 3.05. The monoisotopic (exact) mass is 265 g/mol. The molecule has 1 N–H and O–H groups in total. The second-order valence-electron chi connectivity index (χ2n) is 3.93. The van der Waals surface area contributed by atoms with Gasteiger partial charge in [0.2, 0.25) is 0 Å². The Hall–Kier alpha value is -1.16. The van der Waals surface area contributed by atoms with Crippen LogP contribution in [0.5, 0.6) is 0 Å². The molecule has 0 saturated heterocycles. The zero-order valence-corrected chi connectivity index (χ0v) is 10.4. The number of nitrogens with zero attached hydrogens (tertiary/aromatic N) is 2. The van der Waals surface area contributed by atoms with Gasteiger partial charge in [-0.25, -0.2) is 9.97 Å². The zero-order chi connectivity index (χ0) is 11.8. The van der Waals surface area contributed by atoms with Crippen LogP contribution in [0.15, 0.2) is 24.4 Å². The van der Waals surface area contributed by atoms with Crippen molar-refractivity contribution in [2.24, 2.45) is 0 Å². The van der Waals surface area contributed by atoms with E-state index in [-0.39, 0.29) is 0 Å². The summed E-state index contributed by atoms with van der Waals surface area (Å²) in [7, 11) is 0. The van der Waals surface area contributed by atoms with Crippen LogP contribution in [0, 0.1) is 0 Å². The van der Waals surface area contributed by atoms with Gasteiger partial charge in [-0.15, -0.1) is 0 Å². The molecule has 1 aliphatic rings. The molecule has 1 aromatic carbocycles. The minimum absolute atomic E-state index is 0.592. The highest BCUT2D eigenvalue weighted by molar-refractivity contribution is 6.35. The van der Waals surface area contributed by atoms with E-state index in [2.05, 4.69) is 15.3 Å². The number of fused-ring (bicyclic) bond motifs is 1. The van der Waals surface area contributed by atoms with Gasteiger partial charge >= 0.3 is 0 Å². The van der Waals surface area contributed by atoms with Gasteiger partial charge in [-0.1, -0.05) is 23.2 Å². The van der Waals surface area contributed by atoms with Gasteiger partial charge in [0.1, 0.15) is 0 Å². The van der Waals surface area contributed by atoms with E-state index in [9.17, 15) is 0 Å². The fourth-order valence-corrected chi connectivity index (χ4v) is 2.41. The molecule has 5 heteroatoms. The fourth-order valence-electron chi connectivity index (χ4n) is 1.88. The highest BCUT2D eigenvalue weighted by Crippen LogP contribution is 2.26. The van der Waals surface area contributed by atoms with Gasteiger partial charge < -0.3 is 5.32 Å². The Morgan fingerprint density at radius 2 is 1.82 bits per heavy atom. The predicted octanol–water partition coefficient (Wildman–Crippen LogP) is 3.05. The molecular formula is C12H9Cl2N3. The van der Waals surface area contributed by atoms with Crippen molar-refractivity contribution in [3.63, 3.8) is 0 Å². The number of rotatable bonds is 1. The van der Waals surface area contributed by atoms with Crippen LogP contribution >= 0.6 is 23.2 Å². The summed E-state index contributed by atoms with van der Waals surface area (Å²) < 4.78 is 0. The molecule has 1 aromatic heterocycles. The van der Waals surface area contributed by atoms with Gasteiger partial charge in [-0.3, -0.25) is 0 Å². The molecule has 3 rings (SSSR count). The molecule has 3 nitrogen and oxygen atoms in total. The standard InChI is InChI=1S/C12H9Cl2N3/c13-9-1-7(2-10(14)3-9)12-16-5-8-4-15-6-11(8)17-12/h1-3,5,15H,4,6H2. The average molecular weight is 266 g/mol. The van der Waals surface area contributed by atoms with Gasteiger partial charge in [0, 0.05) is 40.5 Å². The van der Waals surface area contributed by atoms with Crippen molar-refractivity contribution in [3.8, 4) is 11.4 Å². The van der Waals surface area contributed by atoms with E-state index in [4.69, 9.17) is 23.2 Å². The molecule has 86 valence electrons. The summed E-state index contributed by atoms with van der Waals surface area (Å²) in [4.78, 5) is 8.85. The van der Waals surface area contributed by atoms with Crippen molar-refractivity contribution in [1.82, 2.24) is 15.3 Å². The first kappa shape index (κ1) is 11.0. The molecule has 0 unspecified atom stereocenters. The molecule has 2 aromatic rings. The maximum atomic E-state index is 5.96. The molecule has 0 fully saturated rings. The van der Waals surface area contributed by atoms with Gasteiger partial charge in [-0.05, 0) is 18.2 Å². The van der Waals surface area contributed by atoms with Gasteiger partial charge in [0.05, 0.1) is 5.69 Å². The summed E-state index contributed by atoms with van der Waals surface area (Å²) in [5.74, 6) is 0.664. The van der Waals surface area contributed by atoms with Crippen molar-refractivity contribution in [2.45, 2.75) is 13.1 Å². The quantitative estimate of drug-likeness (QED) is 0.862. The van der Waals surface area contributed by atoms with Crippen molar-refractivity contribution in [3.05, 3.63) is 45.7 Å². The first-order valence-corrected chi connectivity index (χ1v) is 6.00. The maximum absolute atomic E-state index is 5.96. The second-order valence-corrected chi connectivity index (χ2v) is 4.80. The van der Waals surface area contributed by atoms with Crippen molar-refractivity contribution in [1.29, 1.82) is 0 Å². The molecule has 0 amide bonds. The lowest BCUT2D eigenvalue weighted by Crippen LogP contribution is -2.00. The molecule has 0 saturated carbocycles. The number of aromatic nitrogens is 2. The second kappa shape index (κ2) is 4.26. The van der Waals surface area contributed by atoms with Crippen LogP contribution in [0.25, 0.3) is 11.4 Å². The number of nitrogens with one attached hydrogen (secondary N) is 1. The first-order chi connectivity index (χ1) is 8.22. The van der Waals surface area contributed by atoms with E-state index in [1.165, 1.54) is 0 Å². The molecule has 17 heavy (non-hydrogen) atoms. The third-order valence-electron chi connectivity index (χ3n) is 2.68. The average Bonchev–Trinajstić information content (AvgIpc) is 2.74. The lowest BCUT2D eigenvalue weighted by atomic mass is 10.2. The van der Waals surface area contributed by atoms with Crippen molar-refractivity contribution < 1.29 is 0 Å². The summed E-state index contributed by atoms with van der Waals surface area (Å²) in [6.45, 7) is 1.63. The molecule has 1 aliphatic heterocycles. The SMILES string of the molecule is Clc1cc(Cl)cc(-c2ncc3c(n2)CNC3)c1. The number of halogens is 2. The van der Waals surface area contributed by atoms with Crippen LogP contribution in [0.1, 0.15) is 11.3 Å². The van der Waals surface area contributed by atoms with Gasteiger partial charge in [0.15, 0.2) is 5.82 Å². The van der Waals surface area contributed by atoms with Crippen LogP contribution in [0.4, 0.5) is 0 Å². The minimum Gasteiger partial charge on any atom is -0.307 e. The normalized spacial score (nSPS) is 13.8. The van der Waals surface area contributed by atoms with E-state index in [1.807, 2.05) is 18.3 Å². The van der Waals surface area contributed by atoms with Crippen LogP contribution in [-0.2, 0) is 13.1 Å². The highest BCUT2D eigenvalue weighted by atomic mass is 35.5. The first-order valence-electron chi connectivity index (χ1n) is 5.24. The fraction of sp³-hybridized carbons (Fsp3) is 0.167. The van der Waals surface area contributed by atoms with Crippen LogP contribution in [0.3, 0.4) is 0 Å². The summed E-state index contributed by atoms with van der Waals surface area (Å²) in [6.07, 6.45) is 1.85. The lowest BCUT2D eigenvalue weighted by Gasteiger charge is -2.04. The highest BCUT2D eigenvalue weighted by Gasteiger charge is 2.13. The van der Waals surface area contributed by atoms with E-state index in [0.717, 1.165) is 29.9 Å². The van der Waals surface area contributed by atoms with Crippen LogP contribution in [0.2, 0.25) is 10.0 Å². The topological polar surface area (TPSA) is 37.8 Å². The Bertz CT molecular complexity index is 564. The van der Waals surface area contributed by atoms with Crippen LogP contribution < -0.4 is 5.32 Å². The Balaban J connectivity index is 2.09. The third-order valence-corrected chi connectivity index (χ3v) is 3.12. The molecule has 0 aliphatic carbocycles. The van der Waals surface area contributed by atoms with Gasteiger partial charge in [0.25, 0.3) is 0 Å². The molecule has 2 heterocycles.